The average Bonchev–Trinajstić information content (AvgIpc) is 2.10. The second-order valence-electron chi connectivity index (χ2n) is 3.27. The fraction of sp³-hybridized carbons (Fsp3) is 0.300. The van der Waals surface area contributed by atoms with E-state index in [2.05, 4.69) is 5.32 Å². The molecule has 0 saturated heterocycles. The lowest BCUT2D eigenvalue weighted by Gasteiger charge is -2.13. The van der Waals surface area contributed by atoms with Crippen LogP contribution in [0.25, 0.3) is 0 Å². The van der Waals surface area contributed by atoms with Gasteiger partial charge in [0.05, 0.1) is 16.5 Å². The predicted molar refractivity (Wildman–Crippen MR) is 61.8 cm³/mol. The first-order valence-corrected chi connectivity index (χ1v) is 5.18. The van der Waals surface area contributed by atoms with E-state index in [0.717, 1.165) is 5.69 Å². The molecular formula is C10H11Cl2NO2. The topological polar surface area (TPSA) is 49.3 Å². The summed E-state index contributed by atoms with van der Waals surface area (Å²) in [5, 5.41) is 12.5. The van der Waals surface area contributed by atoms with Crippen LogP contribution in [0.4, 0.5) is 5.69 Å². The van der Waals surface area contributed by atoms with Crippen molar-refractivity contribution in [3.05, 3.63) is 28.2 Å². The second kappa shape index (κ2) is 5.24. The lowest BCUT2D eigenvalue weighted by molar-refractivity contribution is -0.137. The number of hydrogen-bond donors (Lipinski definition) is 2. The summed E-state index contributed by atoms with van der Waals surface area (Å²) >= 11 is 11.6. The van der Waals surface area contributed by atoms with Crippen LogP contribution in [0.1, 0.15) is 13.3 Å². The van der Waals surface area contributed by atoms with Crippen molar-refractivity contribution >= 4 is 34.9 Å². The molecule has 0 spiro atoms. The average molecular weight is 248 g/mol. The van der Waals surface area contributed by atoms with Crippen LogP contribution < -0.4 is 5.32 Å². The maximum Gasteiger partial charge on any atom is 0.305 e. The van der Waals surface area contributed by atoms with Crippen LogP contribution in [0.3, 0.4) is 0 Å². The van der Waals surface area contributed by atoms with Gasteiger partial charge in [-0.2, -0.15) is 0 Å². The third-order valence-electron chi connectivity index (χ3n) is 1.81. The number of hydrogen-bond acceptors (Lipinski definition) is 2. The number of nitrogens with one attached hydrogen (secondary N) is 1. The van der Waals surface area contributed by atoms with E-state index in [1.165, 1.54) is 0 Å². The molecule has 82 valence electrons. The summed E-state index contributed by atoms with van der Waals surface area (Å²) in [7, 11) is 0. The van der Waals surface area contributed by atoms with E-state index >= 15 is 0 Å². The van der Waals surface area contributed by atoms with Crippen LogP contribution in [0.15, 0.2) is 18.2 Å². The number of anilines is 1. The standard InChI is InChI=1S/C10H11Cl2NO2/c1-6(4-10(14)15)13-7-2-3-8(11)9(12)5-7/h2-3,5-6,13H,4H2,1H3,(H,14,15)/t6-/m0/s1. The molecule has 3 nitrogen and oxygen atoms in total. The van der Waals surface area contributed by atoms with Crippen LogP contribution in [-0.2, 0) is 4.79 Å². The Morgan fingerprint density at radius 3 is 2.67 bits per heavy atom. The van der Waals surface area contributed by atoms with Crippen LogP contribution >= 0.6 is 23.2 Å². The summed E-state index contributed by atoms with van der Waals surface area (Å²) in [6, 6.07) is 4.94. The molecule has 0 aliphatic carbocycles. The molecule has 0 radical (unpaired) electrons. The van der Waals surface area contributed by atoms with Gasteiger partial charge in [-0.3, -0.25) is 4.79 Å². The molecule has 15 heavy (non-hydrogen) atoms. The van der Waals surface area contributed by atoms with Gasteiger partial charge in [-0.1, -0.05) is 23.2 Å². The predicted octanol–water partition coefficient (Wildman–Crippen LogP) is 3.27. The lowest BCUT2D eigenvalue weighted by Crippen LogP contribution is -2.19. The first-order valence-electron chi connectivity index (χ1n) is 4.42. The van der Waals surface area contributed by atoms with Gasteiger partial charge in [-0.05, 0) is 25.1 Å². The van der Waals surface area contributed by atoms with Crippen molar-refractivity contribution < 1.29 is 9.90 Å². The zero-order chi connectivity index (χ0) is 11.4. The Labute approximate surface area is 98.0 Å². The van der Waals surface area contributed by atoms with Gasteiger partial charge in [0.25, 0.3) is 0 Å². The number of rotatable bonds is 4. The van der Waals surface area contributed by atoms with Crippen LogP contribution in [0.5, 0.6) is 0 Å². The smallest absolute Gasteiger partial charge is 0.305 e. The molecule has 0 aromatic heterocycles. The van der Waals surface area contributed by atoms with Gasteiger partial charge in [0.2, 0.25) is 0 Å². The molecular weight excluding hydrogens is 237 g/mol. The van der Waals surface area contributed by atoms with Crippen LogP contribution in [0, 0.1) is 0 Å². The summed E-state index contributed by atoms with van der Waals surface area (Å²) in [6.45, 7) is 1.79. The van der Waals surface area contributed by atoms with E-state index in [0.29, 0.717) is 10.0 Å². The van der Waals surface area contributed by atoms with Gasteiger partial charge in [0.1, 0.15) is 0 Å². The molecule has 2 N–H and O–H groups in total. The Morgan fingerprint density at radius 1 is 1.47 bits per heavy atom. The highest BCUT2D eigenvalue weighted by atomic mass is 35.5. The van der Waals surface area contributed by atoms with Crippen molar-refractivity contribution in [2.75, 3.05) is 5.32 Å². The Kier molecular flexibility index (Phi) is 4.24. The molecule has 0 heterocycles. The van der Waals surface area contributed by atoms with Crippen molar-refractivity contribution in [1.82, 2.24) is 0 Å². The molecule has 0 unspecified atom stereocenters. The largest absolute Gasteiger partial charge is 0.481 e. The Morgan fingerprint density at radius 2 is 2.13 bits per heavy atom. The number of halogens is 2. The van der Waals surface area contributed by atoms with Gasteiger partial charge in [-0.15, -0.1) is 0 Å². The number of aliphatic carboxylic acids is 1. The molecule has 0 bridgehead atoms. The maximum absolute atomic E-state index is 10.4. The van der Waals surface area contributed by atoms with Crippen molar-refractivity contribution in [1.29, 1.82) is 0 Å². The zero-order valence-electron chi connectivity index (χ0n) is 8.13. The maximum atomic E-state index is 10.4. The molecule has 0 amide bonds. The molecule has 1 atom stereocenters. The summed E-state index contributed by atoms with van der Waals surface area (Å²) in [4.78, 5) is 10.4. The number of carboxylic acids is 1. The SMILES string of the molecule is C[C@@H](CC(=O)O)Nc1ccc(Cl)c(Cl)c1. The molecule has 0 aliphatic rings. The third-order valence-corrected chi connectivity index (χ3v) is 2.55. The quantitative estimate of drug-likeness (QED) is 0.859. The summed E-state index contributed by atoms with van der Waals surface area (Å²) in [5.74, 6) is -0.838. The Hall–Kier alpha value is -0.930. The van der Waals surface area contributed by atoms with Crippen LogP contribution in [0.2, 0.25) is 10.0 Å². The monoisotopic (exact) mass is 247 g/mol. The second-order valence-corrected chi connectivity index (χ2v) is 4.09. The van der Waals surface area contributed by atoms with E-state index in [1.54, 1.807) is 25.1 Å². The Balaban J connectivity index is 2.64. The van der Waals surface area contributed by atoms with Crippen LogP contribution in [-0.4, -0.2) is 17.1 Å². The first kappa shape index (κ1) is 12.1. The van der Waals surface area contributed by atoms with E-state index in [9.17, 15) is 4.79 Å². The highest BCUT2D eigenvalue weighted by molar-refractivity contribution is 6.42. The first-order chi connectivity index (χ1) is 6.99. The summed E-state index contributed by atoms with van der Waals surface area (Å²) in [6.07, 6.45) is 0.0558. The van der Waals surface area contributed by atoms with E-state index in [4.69, 9.17) is 28.3 Å². The van der Waals surface area contributed by atoms with Gasteiger partial charge in [-0.25, -0.2) is 0 Å². The zero-order valence-corrected chi connectivity index (χ0v) is 9.64. The van der Waals surface area contributed by atoms with E-state index in [1.807, 2.05) is 0 Å². The van der Waals surface area contributed by atoms with Crippen molar-refractivity contribution in [2.45, 2.75) is 19.4 Å². The van der Waals surface area contributed by atoms with Crippen molar-refractivity contribution in [3.8, 4) is 0 Å². The molecule has 1 aromatic carbocycles. The van der Waals surface area contributed by atoms with E-state index in [-0.39, 0.29) is 12.5 Å². The molecule has 1 aromatic rings. The minimum absolute atomic E-state index is 0.0558. The third kappa shape index (κ3) is 3.98. The normalized spacial score (nSPS) is 12.2. The molecule has 0 fully saturated rings. The minimum Gasteiger partial charge on any atom is -0.481 e. The molecule has 0 saturated carbocycles. The van der Waals surface area contributed by atoms with Gasteiger partial charge >= 0.3 is 5.97 Å². The molecule has 5 heteroatoms. The lowest BCUT2D eigenvalue weighted by atomic mass is 10.2. The minimum atomic E-state index is -0.838. The number of carboxylic acid groups (broad SMARTS) is 1. The fourth-order valence-electron chi connectivity index (χ4n) is 1.18. The Bertz CT molecular complexity index is 368. The highest BCUT2D eigenvalue weighted by Crippen LogP contribution is 2.25. The van der Waals surface area contributed by atoms with Gasteiger partial charge < -0.3 is 10.4 Å². The molecule has 0 aliphatic heterocycles. The summed E-state index contributed by atoms with van der Waals surface area (Å²) < 4.78 is 0. The number of benzene rings is 1. The van der Waals surface area contributed by atoms with Crippen molar-refractivity contribution in [2.24, 2.45) is 0 Å². The highest BCUT2D eigenvalue weighted by Gasteiger charge is 2.07. The van der Waals surface area contributed by atoms with Gasteiger partial charge in [0.15, 0.2) is 0 Å². The van der Waals surface area contributed by atoms with Crippen molar-refractivity contribution in [3.63, 3.8) is 0 Å². The fourth-order valence-corrected chi connectivity index (χ4v) is 1.48. The summed E-state index contributed by atoms with van der Waals surface area (Å²) in [5.41, 5.74) is 0.762. The molecule has 1 rings (SSSR count). The number of carbonyl (C=O) groups is 1. The van der Waals surface area contributed by atoms with E-state index < -0.39 is 5.97 Å². The van der Waals surface area contributed by atoms with Gasteiger partial charge in [0, 0.05) is 11.7 Å².